The van der Waals surface area contributed by atoms with Crippen molar-refractivity contribution in [3.05, 3.63) is 29.6 Å². The molecule has 3 rings (SSSR count). The molecule has 1 saturated heterocycles. The predicted molar refractivity (Wildman–Crippen MR) is 70.3 cm³/mol. The Labute approximate surface area is 107 Å². The molecular formula is C13H19N5. The van der Waals surface area contributed by atoms with Crippen molar-refractivity contribution in [1.82, 2.24) is 19.7 Å². The molecule has 5 heteroatoms. The number of pyridine rings is 1. The predicted octanol–water partition coefficient (Wildman–Crippen LogP) is 1.13. The van der Waals surface area contributed by atoms with Gasteiger partial charge in [0.15, 0.2) is 0 Å². The summed E-state index contributed by atoms with van der Waals surface area (Å²) < 4.78 is 1.87. The molecule has 0 bridgehead atoms. The molecule has 2 N–H and O–H groups in total. The van der Waals surface area contributed by atoms with Crippen molar-refractivity contribution >= 4 is 5.52 Å². The molecule has 2 atom stereocenters. The van der Waals surface area contributed by atoms with Crippen LogP contribution in [0.25, 0.3) is 5.52 Å². The Bertz CT molecular complexity index is 562. The number of likely N-dealkylation sites (N-methyl/N-ethyl adjacent to an activating group) is 1. The van der Waals surface area contributed by atoms with Gasteiger partial charge in [0.25, 0.3) is 0 Å². The Morgan fingerprint density at radius 1 is 1.39 bits per heavy atom. The van der Waals surface area contributed by atoms with Gasteiger partial charge < -0.3 is 5.73 Å². The zero-order valence-electron chi connectivity index (χ0n) is 10.9. The number of hydrogen-bond donors (Lipinski definition) is 1. The van der Waals surface area contributed by atoms with E-state index in [1.807, 2.05) is 23.7 Å². The molecule has 0 amide bonds. The van der Waals surface area contributed by atoms with Gasteiger partial charge in [0.1, 0.15) is 0 Å². The van der Waals surface area contributed by atoms with E-state index in [0.29, 0.717) is 12.1 Å². The molecular weight excluding hydrogens is 226 g/mol. The molecule has 2 aromatic rings. The maximum Gasteiger partial charge on any atom is 0.0941 e. The minimum absolute atomic E-state index is 0.301. The molecule has 0 aromatic carbocycles. The van der Waals surface area contributed by atoms with Crippen molar-refractivity contribution < 1.29 is 0 Å². The number of piperidine rings is 1. The molecule has 0 radical (unpaired) electrons. The second-order valence-electron chi connectivity index (χ2n) is 5.22. The Morgan fingerprint density at radius 2 is 2.22 bits per heavy atom. The number of hydrogen-bond acceptors (Lipinski definition) is 4. The zero-order valence-corrected chi connectivity index (χ0v) is 10.9. The third-order valence-corrected chi connectivity index (χ3v) is 3.86. The SMILES string of the molecule is Cc1nnn2cccc(C3CCC(N)CN3C)c12. The summed E-state index contributed by atoms with van der Waals surface area (Å²) >= 11 is 0. The lowest BCUT2D eigenvalue weighted by Gasteiger charge is -2.36. The van der Waals surface area contributed by atoms with E-state index >= 15 is 0 Å². The van der Waals surface area contributed by atoms with E-state index < -0.39 is 0 Å². The van der Waals surface area contributed by atoms with Crippen molar-refractivity contribution in [2.24, 2.45) is 5.73 Å². The van der Waals surface area contributed by atoms with Crippen LogP contribution in [-0.2, 0) is 0 Å². The number of rotatable bonds is 1. The molecule has 2 aromatic heterocycles. The smallest absolute Gasteiger partial charge is 0.0941 e. The summed E-state index contributed by atoms with van der Waals surface area (Å²) in [6, 6.07) is 4.95. The number of aromatic nitrogens is 3. The first-order valence-electron chi connectivity index (χ1n) is 6.43. The average Bonchev–Trinajstić information content (AvgIpc) is 2.72. The van der Waals surface area contributed by atoms with Gasteiger partial charge in [-0.05, 0) is 38.4 Å². The lowest BCUT2D eigenvalue weighted by Crippen LogP contribution is -2.42. The maximum absolute atomic E-state index is 6.02. The van der Waals surface area contributed by atoms with Crippen LogP contribution in [0.4, 0.5) is 0 Å². The van der Waals surface area contributed by atoms with Gasteiger partial charge in [0.05, 0.1) is 11.2 Å². The van der Waals surface area contributed by atoms with Crippen molar-refractivity contribution in [3.8, 4) is 0 Å². The zero-order chi connectivity index (χ0) is 12.7. The van der Waals surface area contributed by atoms with Crippen LogP contribution in [0, 0.1) is 6.92 Å². The fourth-order valence-corrected chi connectivity index (χ4v) is 2.97. The number of likely N-dealkylation sites (tertiary alicyclic amines) is 1. The second kappa shape index (κ2) is 4.33. The average molecular weight is 245 g/mol. The summed E-state index contributed by atoms with van der Waals surface area (Å²) in [4.78, 5) is 2.34. The monoisotopic (exact) mass is 245 g/mol. The van der Waals surface area contributed by atoms with Gasteiger partial charge in [-0.25, -0.2) is 4.52 Å². The second-order valence-corrected chi connectivity index (χ2v) is 5.22. The molecule has 2 unspecified atom stereocenters. The van der Waals surface area contributed by atoms with Gasteiger partial charge >= 0.3 is 0 Å². The summed E-state index contributed by atoms with van der Waals surface area (Å²) in [5.74, 6) is 0. The van der Waals surface area contributed by atoms with Crippen LogP contribution in [0.3, 0.4) is 0 Å². The van der Waals surface area contributed by atoms with Crippen molar-refractivity contribution in [3.63, 3.8) is 0 Å². The molecule has 1 fully saturated rings. The molecule has 0 spiro atoms. The van der Waals surface area contributed by atoms with Gasteiger partial charge in [-0.15, -0.1) is 5.10 Å². The fourth-order valence-electron chi connectivity index (χ4n) is 2.97. The van der Waals surface area contributed by atoms with Crippen LogP contribution < -0.4 is 5.73 Å². The van der Waals surface area contributed by atoms with Crippen LogP contribution in [0.2, 0.25) is 0 Å². The Hall–Kier alpha value is -1.46. The summed E-state index contributed by atoms with van der Waals surface area (Å²) in [7, 11) is 2.15. The number of aryl methyl sites for hydroxylation is 1. The maximum atomic E-state index is 6.02. The first-order valence-corrected chi connectivity index (χ1v) is 6.43. The first kappa shape index (κ1) is 11.6. The summed E-state index contributed by atoms with van der Waals surface area (Å²) in [5.41, 5.74) is 9.47. The summed E-state index contributed by atoms with van der Waals surface area (Å²) in [5, 5.41) is 8.30. The van der Waals surface area contributed by atoms with Crippen LogP contribution in [0.1, 0.15) is 30.1 Å². The Kier molecular flexibility index (Phi) is 2.80. The fraction of sp³-hybridized carbons (Fsp3) is 0.538. The largest absolute Gasteiger partial charge is 0.327 e. The highest BCUT2D eigenvalue weighted by Crippen LogP contribution is 2.32. The highest BCUT2D eigenvalue weighted by molar-refractivity contribution is 5.58. The van der Waals surface area contributed by atoms with E-state index in [-0.39, 0.29) is 0 Å². The van der Waals surface area contributed by atoms with E-state index in [2.05, 4.69) is 28.3 Å². The molecule has 18 heavy (non-hydrogen) atoms. The number of nitrogens with zero attached hydrogens (tertiary/aromatic N) is 4. The number of fused-ring (bicyclic) bond motifs is 1. The van der Waals surface area contributed by atoms with E-state index in [1.54, 1.807) is 0 Å². The summed E-state index contributed by atoms with van der Waals surface area (Å²) in [6.07, 6.45) is 4.13. The quantitative estimate of drug-likeness (QED) is 0.818. The van der Waals surface area contributed by atoms with Gasteiger partial charge in [0, 0.05) is 24.8 Å². The third-order valence-electron chi connectivity index (χ3n) is 3.86. The Morgan fingerprint density at radius 3 is 3.00 bits per heavy atom. The Balaban J connectivity index is 2.06. The van der Waals surface area contributed by atoms with Gasteiger partial charge in [-0.1, -0.05) is 11.3 Å². The lowest BCUT2D eigenvalue weighted by molar-refractivity contribution is 0.170. The third kappa shape index (κ3) is 1.79. The van der Waals surface area contributed by atoms with Gasteiger partial charge in [-0.2, -0.15) is 0 Å². The van der Waals surface area contributed by atoms with E-state index in [0.717, 1.165) is 30.6 Å². The highest BCUT2D eigenvalue weighted by atomic mass is 15.4. The normalized spacial score (nSPS) is 25.7. The molecule has 1 aliphatic heterocycles. The van der Waals surface area contributed by atoms with E-state index in [4.69, 9.17) is 5.73 Å². The first-order chi connectivity index (χ1) is 8.66. The summed E-state index contributed by atoms with van der Waals surface area (Å²) in [6.45, 7) is 2.97. The lowest BCUT2D eigenvalue weighted by atomic mass is 9.93. The minimum Gasteiger partial charge on any atom is -0.327 e. The van der Waals surface area contributed by atoms with E-state index in [9.17, 15) is 0 Å². The molecule has 0 aliphatic carbocycles. The van der Waals surface area contributed by atoms with Crippen molar-refractivity contribution in [1.29, 1.82) is 0 Å². The molecule has 96 valence electrons. The van der Waals surface area contributed by atoms with Gasteiger partial charge in [0.2, 0.25) is 0 Å². The van der Waals surface area contributed by atoms with Crippen molar-refractivity contribution in [2.75, 3.05) is 13.6 Å². The number of nitrogens with two attached hydrogens (primary N) is 1. The molecule has 5 nitrogen and oxygen atoms in total. The van der Waals surface area contributed by atoms with Crippen LogP contribution in [0.15, 0.2) is 18.3 Å². The molecule has 0 saturated carbocycles. The minimum atomic E-state index is 0.301. The van der Waals surface area contributed by atoms with Crippen LogP contribution in [0.5, 0.6) is 0 Å². The molecule has 3 heterocycles. The standard InChI is InChI=1S/C13H19N5/c1-9-13-11(4-3-7-18(13)16-15-9)12-6-5-10(14)8-17(12)2/h3-4,7,10,12H,5-6,8,14H2,1-2H3. The molecule has 1 aliphatic rings. The highest BCUT2D eigenvalue weighted by Gasteiger charge is 2.27. The van der Waals surface area contributed by atoms with E-state index in [1.165, 1.54) is 5.56 Å². The van der Waals surface area contributed by atoms with Crippen LogP contribution >= 0.6 is 0 Å². The topological polar surface area (TPSA) is 59.5 Å². The van der Waals surface area contributed by atoms with Crippen LogP contribution in [-0.4, -0.2) is 39.4 Å². The van der Waals surface area contributed by atoms with Gasteiger partial charge in [-0.3, -0.25) is 4.90 Å². The van der Waals surface area contributed by atoms with Crippen molar-refractivity contribution in [2.45, 2.75) is 31.8 Å².